The summed E-state index contributed by atoms with van der Waals surface area (Å²) in [5.41, 5.74) is -0.107. The summed E-state index contributed by atoms with van der Waals surface area (Å²) in [6, 6.07) is -0.221. The molecule has 1 unspecified atom stereocenters. The van der Waals surface area contributed by atoms with E-state index in [4.69, 9.17) is 4.74 Å². The summed E-state index contributed by atoms with van der Waals surface area (Å²) >= 11 is 0. The van der Waals surface area contributed by atoms with Crippen LogP contribution in [0.1, 0.15) is 41.0 Å². The van der Waals surface area contributed by atoms with Gasteiger partial charge in [0.2, 0.25) is 0 Å². The highest BCUT2D eigenvalue weighted by atomic mass is 16.5. The van der Waals surface area contributed by atoms with E-state index in [0.29, 0.717) is 5.92 Å². The Morgan fingerprint density at radius 1 is 1.33 bits per heavy atom. The van der Waals surface area contributed by atoms with Gasteiger partial charge in [0.25, 0.3) is 0 Å². The van der Waals surface area contributed by atoms with Crippen LogP contribution in [0.2, 0.25) is 0 Å². The fraction of sp³-hybridized carbons (Fsp3) is 0.917. The number of esters is 1. The van der Waals surface area contributed by atoms with Gasteiger partial charge in [0.15, 0.2) is 0 Å². The Kier molecular flexibility index (Phi) is 5.88. The summed E-state index contributed by atoms with van der Waals surface area (Å²) in [5.74, 6) is 0.474. The molecule has 3 nitrogen and oxygen atoms in total. The molecule has 0 spiro atoms. The van der Waals surface area contributed by atoms with Gasteiger partial charge in [0.1, 0.15) is 6.04 Å². The summed E-state index contributed by atoms with van der Waals surface area (Å²) in [7, 11) is 1.44. The van der Waals surface area contributed by atoms with E-state index < -0.39 is 0 Å². The average molecular weight is 215 g/mol. The molecule has 0 aliphatic carbocycles. The van der Waals surface area contributed by atoms with Crippen LogP contribution in [0.15, 0.2) is 0 Å². The predicted molar refractivity (Wildman–Crippen MR) is 62.7 cm³/mol. The summed E-state index contributed by atoms with van der Waals surface area (Å²) in [6.45, 7) is 11.3. The molecule has 15 heavy (non-hydrogen) atoms. The van der Waals surface area contributed by atoms with E-state index in [-0.39, 0.29) is 17.4 Å². The summed E-state index contributed by atoms with van der Waals surface area (Å²) < 4.78 is 4.79. The third kappa shape index (κ3) is 5.78. The van der Waals surface area contributed by atoms with Gasteiger partial charge in [-0.1, -0.05) is 34.6 Å². The van der Waals surface area contributed by atoms with Crippen LogP contribution in [-0.4, -0.2) is 25.7 Å². The van der Waals surface area contributed by atoms with E-state index in [1.54, 1.807) is 0 Å². The summed E-state index contributed by atoms with van der Waals surface area (Å²) in [6.07, 6.45) is 1.07. The van der Waals surface area contributed by atoms with E-state index in [1.165, 1.54) is 7.11 Å². The second kappa shape index (κ2) is 6.11. The van der Waals surface area contributed by atoms with Gasteiger partial charge in [-0.15, -0.1) is 0 Å². The fourth-order valence-electron chi connectivity index (χ4n) is 1.38. The Hall–Kier alpha value is -0.570. The molecule has 0 aliphatic heterocycles. The van der Waals surface area contributed by atoms with Crippen molar-refractivity contribution in [3.8, 4) is 0 Å². The highest BCUT2D eigenvalue weighted by Gasteiger charge is 2.31. The molecule has 0 aliphatic rings. The molecule has 0 bridgehead atoms. The molecule has 0 aromatic rings. The first kappa shape index (κ1) is 14.4. The molecular weight excluding hydrogens is 190 g/mol. The van der Waals surface area contributed by atoms with Crippen molar-refractivity contribution in [2.45, 2.75) is 47.1 Å². The first-order chi connectivity index (χ1) is 6.79. The Morgan fingerprint density at radius 3 is 2.20 bits per heavy atom. The van der Waals surface area contributed by atoms with Gasteiger partial charge < -0.3 is 10.1 Å². The molecule has 1 atom stereocenters. The SMILES string of the molecule is COC(=O)C(NCCC(C)C)C(C)(C)C. The molecule has 1 N–H and O–H groups in total. The highest BCUT2D eigenvalue weighted by molar-refractivity contribution is 5.76. The lowest BCUT2D eigenvalue weighted by molar-refractivity contribution is -0.146. The highest BCUT2D eigenvalue weighted by Crippen LogP contribution is 2.20. The second-order valence-corrected chi connectivity index (χ2v) is 5.46. The second-order valence-electron chi connectivity index (χ2n) is 5.46. The quantitative estimate of drug-likeness (QED) is 0.715. The van der Waals surface area contributed by atoms with Gasteiger partial charge in [-0.25, -0.2) is 0 Å². The standard InChI is InChI=1S/C12H25NO2/c1-9(2)7-8-13-10(11(14)15-6)12(3,4)5/h9-10,13H,7-8H2,1-6H3. The molecule has 0 aromatic carbocycles. The average Bonchev–Trinajstić information content (AvgIpc) is 2.09. The summed E-state index contributed by atoms with van der Waals surface area (Å²) in [4.78, 5) is 11.5. The lowest BCUT2D eigenvalue weighted by Crippen LogP contribution is -2.47. The molecule has 0 heterocycles. The number of methoxy groups -OCH3 is 1. The third-order valence-corrected chi connectivity index (χ3v) is 2.37. The minimum Gasteiger partial charge on any atom is -0.468 e. The molecule has 0 radical (unpaired) electrons. The van der Waals surface area contributed by atoms with Crippen molar-refractivity contribution in [2.24, 2.45) is 11.3 Å². The van der Waals surface area contributed by atoms with Crippen LogP contribution in [0.5, 0.6) is 0 Å². The van der Waals surface area contributed by atoms with E-state index >= 15 is 0 Å². The molecule has 3 heteroatoms. The van der Waals surface area contributed by atoms with Crippen LogP contribution < -0.4 is 5.32 Å². The zero-order valence-corrected chi connectivity index (χ0v) is 10.9. The van der Waals surface area contributed by atoms with Crippen LogP contribution in [0.4, 0.5) is 0 Å². The normalized spacial score (nSPS) is 14.1. The van der Waals surface area contributed by atoms with Crippen molar-refractivity contribution in [3.63, 3.8) is 0 Å². The first-order valence-electron chi connectivity index (χ1n) is 5.60. The minimum absolute atomic E-state index is 0.107. The van der Waals surface area contributed by atoms with Crippen molar-refractivity contribution in [1.82, 2.24) is 5.32 Å². The minimum atomic E-state index is -0.221. The van der Waals surface area contributed by atoms with Crippen molar-refractivity contribution >= 4 is 5.97 Å². The molecule has 0 amide bonds. The zero-order valence-electron chi connectivity index (χ0n) is 10.9. The van der Waals surface area contributed by atoms with Crippen LogP contribution in [0.25, 0.3) is 0 Å². The Balaban J connectivity index is 4.21. The molecule has 0 aromatic heterocycles. The van der Waals surface area contributed by atoms with Crippen LogP contribution in [-0.2, 0) is 9.53 Å². The monoisotopic (exact) mass is 215 g/mol. The van der Waals surface area contributed by atoms with Crippen LogP contribution >= 0.6 is 0 Å². The lowest BCUT2D eigenvalue weighted by Gasteiger charge is -2.29. The maximum Gasteiger partial charge on any atom is 0.323 e. The molecule has 0 fully saturated rings. The molecule has 0 saturated carbocycles. The number of rotatable bonds is 5. The molecular formula is C12H25NO2. The van der Waals surface area contributed by atoms with Gasteiger partial charge in [0, 0.05) is 0 Å². The van der Waals surface area contributed by atoms with Crippen molar-refractivity contribution in [2.75, 3.05) is 13.7 Å². The number of carbonyl (C=O) groups excluding carboxylic acids is 1. The number of ether oxygens (including phenoxy) is 1. The van der Waals surface area contributed by atoms with Gasteiger partial charge in [-0.3, -0.25) is 4.79 Å². The fourth-order valence-corrected chi connectivity index (χ4v) is 1.38. The Labute approximate surface area is 93.6 Å². The van der Waals surface area contributed by atoms with Gasteiger partial charge >= 0.3 is 5.97 Å². The van der Waals surface area contributed by atoms with E-state index in [1.807, 2.05) is 20.8 Å². The van der Waals surface area contributed by atoms with Gasteiger partial charge in [0.05, 0.1) is 7.11 Å². The molecule has 0 saturated heterocycles. The largest absolute Gasteiger partial charge is 0.468 e. The topological polar surface area (TPSA) is 38.3 Å². The van der Waals surface area contributed by atoms with E-state index in [9.17, 15) is 4.79 Å². The number of nitrogens with one attached hydrogen (secondary N) is 1. The van der Waals surface area contributed by atoms with E-state index in [0.717, 1.165) is 13.0 Å². The van der Waals surface area contributed by atoms with Gasteiger partial charge in [-0.2, -0.15) is 0 Å². The molecule has 0 rings (SSSR count). The van der Waals surface area contributed by atoms with Crippen LogP contribution in [0.3, 0.4) is 0 Å². The summed E-state index contributed by atoms with van der Waals surface area (Å²) in [5, 5.41) is 3.27. The number of hydrogen-bond donors (Lipinski definition) is 1. The first-order valence-corrected chi connectivity index (χ1v) is 5.60. The Morgan fingerprint density at radius 2 is 1.87 bits per heavy atom. The van der Waals surface area contributed by atoms with Gasteiger partial charge in [-0.05, 0) is 24.3 Å². The maximum absolute atomic E-state index is 11.5. The predicted octanol–water partition coefficient (Wildman–Crippen LogP) is 2.21. The van der Waals surface area contributed by atoms with Crippen molar-refractivity contribution in [3.05, 3.63) is 0 Å². The zero-order chi connectivity index (χ0) is 12.1. The Bertz CT molecular complexity index is 194. The number of hydrogen-bond acceptors (Lipinski definition) is 3. The maximum atomic E-state index is 11.5. The lowest BCUT2D eigenvalue weighted by atomic mass is 9.86. The third-order valence-electron chi connectivity index (χ3n) is 2.37. The number of carbonyl (C=O) groups is 1. The van der Waals surface area contributed by atoms with E-state index in [2.05, 4.69) is 19.2 Å². The van der Waals surface area contributed by atoms with Crippen molar-refractivity contribution < 1.29 is 9.53 Å². The smallest absolute Gasteiger partial charge is 0.323 e. The van der Waals surface area contributed by atoms with Crippen molar-refractivity contribution in [1.29, 1.82) is 0 Å². The van der Waals surface area contributed by atoms with Crippen LogP contribution in [0, 0.1) is 11.3 Å². The molecule has 90 valence electrons.